The van der Waals surface area contributed by atoms with Gasteiger partial charge in [0.15, 0.2) is 0 Å². The molecule has 0 unspecified atom stereocenters. The highest BCUT2D eigenvalue weighted by Crippen LogP contribution is 2.78. The van der Waals surface area contributed by atoms with E-state index in [1.165, 1.54) is 104 Å². The van der Waals surface area contributed by atoms with Gasteiger partial charge < -0.3 is 15.3 Å². The highest BCUT2D eigenvalue weighted by Gasteiger charge is 2.73. The van der Waals surface area contributed by atoms with Gasteiger partial charge in [-0.2, -0.15) is 0 Å². The van der Waals surface area contributed by atoms with Gasteiger partial charge in [-0.3, -0.25) is 4.90 Å². The number of aliphatic hydroxyl groups is 3. The molecule has 53 heavy (non-hydrogen) atoms. The first-order valence-corrected chi connectivity index (χ1v) is 22.3. The maximum Gasteiger partial charge on any atom is 0.0805 e. The topological polar surface area (TPSA) is 63.9 Å². The number of fused-ring (bicyclic) bond motifs is 6. The van der Waals surface area contributed by atoms with Crippen LogP contribution >= 0.6 is 0 Å². The van der Waals surface area contributed by atoms with Crippen molar-refractivity contribution in [3.05, 3.63) is 60.2 Å². The number of hydrogen-bond acceptors (Lipinski definition) is 4. The summed E-state index contributed by atoms with van der Waals surface area (Å²) in [5.41, 5.74) is 1.32. The van der Waals surface area contributed by atoms with Gasteiger partial charge in [0.1, 0.15) is 0 Å². The average Bonchev–Trinajstić information content (AvgIpc) is 3.71. The Bertz CT molecular complexity index is 1900. The molecule has 3 aromatic carbocycles. The van der Waals surface area contributed by atoms with Crippen LogP contribution in [0.3, 0.4) is 0 Å². The first-order chi connectivity index (χ1) is 25.6. The summed E-state index contributed by atoms with van der Waals surface area (Å²) >= 11 is 0. The quantitative estimate of drug-likeness (QED) is 0.237. The standard InChI is InChI=1S/C49H65NO3/c1-30-8-15-44-46(2,53)39-13-14-40-37(38(39)28-50(44)27-30)23-43-48(40)17-5-18-49(43)29-47(45(52)24-41(49)42(51)26-48)19-16-32(25-47)10-9-31-11-12-35-21-33-6-3-4-7-34(33)22-36(35)20-31/h3-4,6-7,11-12,20-22,30,32,37-45,51-53H,5,8-10,13-19,23-29H2,1-2H3/t30-,32-,37-,38+,39-,40+,41-,42+,43-,44-,45-,46+,47+,48-,49-/m1/s1. The van der Waals surface area contributed by atoms with Crippen molar-refractivity contribution in [2.75, 3.05) is 13.1 Å². The predicted molar refractivity (Wildman–Crippen MR) is 213 cm³/mol. The molecule has 0 radical (unpaired) electrons. The van der Waals surface area contributed by atoms with Crippen molar-refractivity contribution in [1.82, 2.24) is 4.90 Å². The zero-order valence-electron chi connectivity index (χ0n) is 32.6. The minimum absolute atomic E-state index is 0.0194. The summed E-state index contributed by atoms with van der Waals surface area (Å²) in [5, 5.41) is 42.0. The molecule has 2 bridgehead atoms. The minimum atomic E-state index is -0.589. The lowest BCUT2D eigenvalue weighted by atomic mass is 9.38. The Hall–Kier alpha value is -1.98. The third-order valence-corrected chi connectivity index (χ3v) is 19.1. The lowest BCUT2D eigenvalue weighted by Gasteiger charge is -2.68. The fourth-order valence-corrected chi connectivity index (χ4v) is 17.2. The molecular weight excluding hydrogens is 651 g/mol. The van der Waals surface area contributed by atoms with E-state index in [0.717, 1.165) is 44.6 Å². The summed E-state index contributed by atoms with van der Waals surface area (Å²) in [6, 6.07) is 20.8. The molecule has 2 heterocycles. The van der Waals surface area contributed by atoms with E-state index >= 15 is 0 Å². The SMILES string of the molecule is C[C@@H]1CC[C@H]2N(C1)C[C@H]1[C@H]3C[C@H]4[C@@]56CCC[C@@]4(C[C@H](O)[C@H]5C[C@@H](O)[C@]4(CC[C@@H](CCc5ccc7cc8ccccc8cc7c5)C4)C6)[C@H]3CC[C@H]1[C@]2(C)O. The number of aliphatic hydroxyl groups excluding tert-OH is 2. The second-order valence-corrected chi connectivity index (χ2v) is 21.3. The lowest BCUT2D eigenvalue weighted by Crippen LogP contribution is -2.67. The molecule has 284 valence electrons. The van der Waals surface area contributed by atoms with Gasteiger partial charge in [-0.15, -0.1) is 0 Å². The summed E-state index contributed by atoms with van der Waals surface area (Å²) in [7, 11) is 0. The summed E-state index contributed by atoms with van der Waals surface area (Å²) in [5.74, 6) is 4.74. The van der Waals surface area contributed by atoms with Crippen LogP contribution in [0.1, 0.15) is 116 Å². The van der Waals surface area contributed by atoms with Crippen molar-refractivity contribution >= 4 is 21.5 Å². The van der Waals surface area contributed by atoms with Crippen molar-refractivity contribution in [3.63, 3.8) is 0 Å². The Balaban J connectivity index is 0.853. The third kappa shape index (κ3) is 4.93. The molecule has 2 spiro atoms. The maximum absolute atomic E-state index is 12.3. The Labute approximate surface area is 318 Å². The van der Waals surface area contributed by atoms with Crippen LogP contribution in [-0.4, -0.2) is 57.2 Å². The number of aryl methyl sites for hydroxylation is 1. The van der Waals surface area contributed by atoms with Gasteiger partial charge in [0, 0.05) is 19.1 Å². The van der Waals surface area contributed by atoms with Gasteiger partial charge in [0.25, 0.3) is 0 Å². The maximum atomic E-state index is 12.3. The van der Waals surface area contributed by atoms with Crippen LogP contribution in [0.25, 0.3) is 21.5 Å². The molecule has 8 fully saturated rings. The van der Waals surface area contributed by atoms with E-state index in [9.17, 15) is 15.3 Å². The zero-order chi connectivity index (χ0) is 35.9. The molecule has 4 heteroatoms. The Morgan fingerprint density at radius 3 is 2.36 bits per heavy atom. The summed E-state index contributed by atoms with van der Waals surface area (Å²) in [4.78, 5) is 2.74. The van der Waals surface area contributed by atoms with Crippen LogP contribution < -0.4 is 0 Å². The second kappa shape index (κ2) is 12.0. The molecule has 0 amide bonds. The zero-order valence-corrected chi connectivity index (χ0v) is 32.6. The van der Waals surface area contributed by atoms with Crippen LogP contribution in [0.2, 0.25) is 0 Å². The van der Waals surface area contributed by atoms with E-state index in [-0.39, 0.29) is 34.4 Å². The number of nitrogens with zero attached hydrogens (tertiary/aromatic N) is 1. The number of hydrogen-bond donors (Lipinski definition) is 3. The first kappa shape index (κ1) is 34.3. The normalized spacial score (nSPS) is 49.0. The highest BCUT2D eigenvalue weighted by atomic mass is 16.3. The van der Waals surface area contributed by atoms with E-state index < -0.39 is 5.60 Å². The summed E-state index contributed by atoms with van der Waals surface area (Å²) in [6.45, 7) is 6.98. The Morgan fingerprint density at radius 1 is 0.736 bits per heavy atom. The smallest absolute Gasteiger partial charge is 0.0805 e. The van der Waals surface area contributed by atoms with Gasteiger partial charge in [0.2, 0.25) is 0 Å². The Morgan fingerprint density at radius 2 is 1.51 bits per heavy atom. The summed E-state index contributed by atoms with van der Waals surface area (Å²) < 4.78 is 0. The van der Waals surface area contributed by atoms with Gasteiger partial charge >= 0.3 is 0 Å². The molecule has 6 aliphatic carbocycles. The van der Waals surface area contributed by atoms with Crippen molar-refractivity contribution in [2.24, 2.45) is 63.6 Å². The van der Waals surface area contributed by atoms with Gasteiger partial charge in [0.05, 0.1) is 17.8 Å². The third-order valence-electron chi connectivity index (χ3n) is 19.1. The minimum Gasteiger partial charge on any atom is -0.393 e. The molecule has 3 N–H and O–H groups in total. The van der Waals surface area contributed by atoms with E-state index in [1.807, 2.05) is 0 Å². The van der Waals surface area contributed by atoms with Gasteiger partial charge in [-0.1, -0.05) is 55.8 Å². The van der Waals surface area contributed by atoms with Crippen molar-refractivity contribution in [3.8, 4) is 0 Å². The summed E-state index contributed by atoms with van der Waals surface area (Å²) in [6.07, 6.45) is 18.4. The largest absolute Gasteiger partial charge is 0.393 e. The molecule has 11 rings (SSSR count). The molecule has 8 aliphatic rings. The van der Waals surface area contributed by atoms with Crippen molar-refractivity contribution in [1.29, 1.82) is 0 Å². The van der Waals surface area contributed by atoms with Crippen LogP contribution in [-0.2, 0) is 6.42 Å². The highest BCUT2D eigenvalue weighted by molar-refractivity contribution is 5.98. The van der Waals surface area contributed by atoms with E-state index in [0.29, 0.717) is 41.5 Å². The molecule has 15 atom stereocenters. The van der Waals surface area contributed by atoms with Crippen LogP contribution in [0, 0.1) is 63.6 Å². The monoisotopic (exact) mass is 715 g/mol. The molecule has 2 aliphatic heterocycles. The number of rotatable bonds is 3. The fraction of sp³-hybridized carbons (Fsp3) is 0.714. The van der Waals surface area contributed by atoms with Crippen molar-refractivity contribution in [2.45, 2.75) is 140 Å². The van der Waals surface area contributed by atoms with Crippen LogP contribution in [0.4, 0.5) is 0 Å². The first-order valence-electron chi connectivity index (χ1n) is 22.3. The molecular formula is C49H65NO3. The van der Waals surface area contributed by atoms with E-state index in [1.54, 1.807) is 0 Å². The van der Waals surface area contributed by atoms with Crippen LogP contribution in [0.5, 0.6) is 0 Å². The molecule has 2 saturated heterocycles. The van der Waals surface area contributed by atoms with Gasteiger partial charge in [-0.25, -0.2) is 0 Å². The fourth-order valence-electron chi connectivity index (χ4n) is 17.2. The van der Waals surface area contributed by atoms with Gasteiger partial charge in [-0.05, 0) is 206 Å². The predicted octanol–water partition coefficient (Wildman–Crippen LogP) is 9.55. The second-order valence-electron chi connectivity index (χ2n) is 21.3. The van der Waals surface area contributed by atoms with E-state index in [2.05, 4.69) is 73.3 Å². The lowest BCUT2D eigenvalue weighted by molar-refractivity contribution is -0.231. The van der Waals surface area contributed by atoms with E-state index in [4.69, 9.17) is 0 Å². The number of benzene rings is 3. The van der Waals surface area contributed by atoms with Crippen molar-refractivity contribution < 1.29 is 15.3 Å². The Kier molecular flexibility index (Phi) is 7.77. The van der Waals surface area contributed by atoms with Crippen LogP contribution in [0.15, 0.2) is 54.6 Å². The number of piperidine rings is 2. The average molecular weight is 716 g/mol. The molecule has 3 aromatic rings. The molecule has 4 nitrogen and oxygen atoms in total. The molecule has 0 aromatic heterocycles. The molecule has 6 saturated carbocycles.